The van der Waals surface area contributed by atoms with E-state index < -0.39 is 0 Å². The van der Waals surface area contributed by atoms with Crippen molar-refractivity contribution in [1.29, 1.82) is 0 Å². The summed E-state index contributed by atoms with van der Waals surface area (Å²) in [5, 5.41) is 0. The summed E-state index contributed by atoms with van der Waals surface area (Å²) in [6, 6.07) is 0. The van der Waals surface area contributed by atoms with Gasteiger partial charge in [-0.05, 0) is 13.2 Å². The Morgan fingerprint density at radius 3 is 2.38 bits per heavy atom. The summed E-state index contributed by atoms with van der Waals surface area (Å²) < 4.78 is 0. The average molecular weight is 154 g/mol. The molecule has 0 aliphatic carbocycles. The SMILES string of the molecule is CC=CC=C[C-]=O.[Ni]. The summed E-state index contributed by atoms with van der Waals surface area (Å²) in [7, 11) is 0. The van der Waals surface area contributed by atoms with E-state index in [1.54, 1.807) is 18.4 Å². The quantitative estimate of drug-likeness (QED) is 0.253. The van der Waals surface area contributed by atoms with E-state index in [-0.39, 0.29) is 16.5 Å². The van der Waals surface area contributed by atoms with Crippen LogP contribution >= 0.6 is 0 Å². The van der Waals surface area contributed by atoms with Gasteiger partial charge in [-0.1, -0.05) is 0 Å². The van der Waals surface area contributed by atoms with Crippen LogP contribution in [0.3, 0.4) is 0 Å². The summed E-state index contributed by atoms with van der Waals surface area (Å²) in [6.45, 7) is 1.88. The van der Waals surface area contributed by atoms with Crippen molar-refractivity contribution in [2.45, 2.75) is 6.92 Å². The molecule has 0 amide bonds. The molecule has 48 valence electrons. The van der Waals surface area contributed by atoms with Crippen LogP contribution in [0.25, 0.3) is 0 Å². The standard InChI is InChI=1S/C6H7O.Ni/c1-2-3-4-5-6-7;/h2-5H,1H3;/q-1;. The molecule has 0 aliphatic rings. The molecule has 0 aliphatic heterocycles. The molecule has 0 unspecified atom stereocenters. The van der Waals surface area contributed by atoms with E-state index in [9.17, 15) is 4.79 Å². The largest absolute Gasteiger partial charge is 0.419 e. The van der Waals surface area contributed by atoms with Gasteiger partial charge in [-0.25, -0.2) is 6.08 Å². The normalized spacial score (nSPS) is 9.62. The van der Waals surface area contributed by atoms with Crippen molar-refractivity contribution >= 4 is 6.29 Å². The predicted molar refractivity (Wildman–Crippen MR) is 29.6 cm³/mol. The zero-order valence-corrected chi connectivity index (χ0v) is 5.52. The molecule has 0 saturated carbocycles. The monoisotopic (exact) mass is 153 g/mol. The fraction of sp³-hybridized carbons (Fsp3) is 0.167. The summed E-state index contributed by atoms with van der Waals surface area (Å²) in [5.74, 6) is 0. The maximum absolute atomic E-state index is 9.43. The third-order valence-corrected chi connectivity index (χ3v) is 0.468. The van der Waals surface area contributed by atoms with Crippen molar-refractivity contribution in [3.63, 3.8) is 0 Å². The minimum atomic E-state index is 0. The molecule has 0 rings (SSSR count). The van der Waals surface area contributed by atoms with Gasteiger partial charge in [0.2, 0.25) is 0 Å². The molecule has 0 aromatic heterocycles. The van der Waals surface area contributed by atoms with Crippen molar-refractivity contribution in [3.8, 4) is 0 Å². The third kappa shape index (κ3) is 9.17. The molecule has 0 radical (unpaired) electrons. The number of rotatable bonds is 2. The Bertz CT molecular complexity index is 94.7. The second-order valence-electron chi connectivity index (χ2n) is 1.00. The minimum absolute atomic E-state index is 0. The van der Waals surface area contributed by atoms with Crippen LogP contribution in [0.4, 0.5) is 0 Å². The van der Waals surface area contributed by atoms with Crippen LogP contribution < -0.4 is 0 Å². The topological polar surface area (TPSA) is 17.1 Å². The molecule has 0 N–H and O–H groups in total. The van der Waals surface area contributed by atoms with E-state index in [0.29, 0.717) is 0 Å². The summed E-state index contributed by atoms with van der Waals surface area (Å²) in [4.78, 5) is 9.43. The van der Waals surface area contributed by atoms with Gasteiger partial charge in [-0.3, -0.25) is 0 Å². The molecule has 8 heavy (non-hydrogen) atoms. The number of hydrogen-bond donors (Lipinski definition) is 0. The Morgan fingerprint density at radius 1 is 1.38 bits per heavy atom. The maximum Gasteiger partial charge on any atom is 0 e. The Kier molecular flexibility index (Phi) is 13.0. The molecule has 0 heterocycles. The van der Waals surface area contributed by atoms with Gasteiger partial charge in [0, 0.05) is 16.5 Å². The fourth-order valence-electron chi connectivity index (χ4n) is 0.206. The summed E-state index contributed by atoms with van der Waals surface area (Å²) in [5.41, 5.74) is 0. The van der Waals surface area contributed by atoms with Gasteiger partial charge in [-0.2, -0.15) is 6.08 Å². The molecule has 2 heteroatoms. The first-order valence-electron chi connectivity index (χ1n) is 2.07. The van der Waals surface area contributed by atoms with Gasteiger partial charge >= 0.3 is 0 Å². The first kappa shape index (κ1) is 10.6. The zero-order valence-electron chi connectivity index (χ0n) is 4.53. The van der Waals surface area contributed by atoms with E-state index in [2.05, 4.69) is 0 Å². The Balaban J connectivity index is 0. The first-order valence-corrected chi connectivity index (χ1v) is 2.07. The van der Waals surface area contributed by atoms with E-state index in [0.717, 1.165) is 0 Å². The van der Waals surface area contributed by atoms with E-state index >= 15 is 0 Å². The zero-order chi connectivity index (χ0) is 5.54. The van der Waals surface area contributed by atoms with Crippen molar-refractivity contribution in [3.05, 3.63) is 24.3 Å². The van der Waals surface area contributed by atoms with Gasteiger partial charge < -0.3 is 4.79 Å². The van der Waals surface area contributed by atoms with Crippen LogP contribution in [0.1, 0.15) is 6.92 Å². The molecule has 0 atom stereocenters. The van der Waals surface area contributed by atoms with Crippen molar-refractivity contribution in [2.24, 2.45) is 0 Å². The second kappa shape index (κ2) is 9.81. The van der Waals surface area contributed by atoms with E-state index in [1.807, 2.05) is 13.0 Å². The van der Waals surface area contributed by atoms with Gasteiger partial charge in [0.25, 0.3) is 0 Å². The van der Waals surface area contributed by atoms with Crippen LogP contribution in [-0.2, 0) is 21.3 Å². The fourth-order valence-corrected chi connectivity index (χ4v) is 0.206. The molecule has 0 fully saturated rings. The van der Waals surface area contributed by atoms with Crippen LogP contribution in [0.2, 0.25) is 0 Å². The Morgan fingerprint density at radius 2 is 2.00 bits per heavy atom. The smallest absolute Gasteiger partial charge is 0 e. The molecular formula is C6H7NiO-. The number of allylic oxidation sites excluding steroid dienone is 4. The minimum Gasteiger partial charge on any atom is -0.419 e. The molecule has 0 bridgehead atoms. The summed E-state index contributed by atoms with van der Waals surface area (Å²) >= 11 is 0. The maximum atomic E-state index is 9.43. The van der Waals surface area contributed by atoms with Gasteiger partial charge in [0.05, 0.1) is 0 Å². The van der Waals surface area contributed by atoms with Crippen molar-refractivity contribution in [2.75, 3.05) is 0 Å². The van der Waals surface area contributed by atoms with Crippen LogP contribution in [0, 0.1) is 0 Å². The summed E-state index contributed by atoms with van der Waals surface area (Å²) in [6.07, 6.45) is 8.18. The number of carbonyl (C=O) groups excluding carboxylic acids is 1. The average Bonchev–Trinajstić information content (AvgIpc) is 1.69. The number of hydrogen-bond acceptors (Lipinski definition) is 1. The predicted octanol–water partition coefficient (Wildman–Crippen LogP) is 1.23. The molecule has 0 aromatic carbocycles. The van der Waals surface area contributed by atoms with Gasteiger partial charge in [0.1, 0.15) is 0 Å². The van der Waals surface area contributed by atoms with Crippen LogP contribution in [-0.4, -0.2) is 6.29 Å². The Labute approximate surface area is 59.4 Å². The van der Waals surface area contributed by atoms with Crippen molar-refractivity contribution in [1.82, 2.24) is 0 Å². The molecule has 0 saturated heterocycles. The van der Waals surface area contributed by atoms with Gasteiger partial charge in [0.15, 0.2) is 0 Å². The molecular weight excluding hydrogens is 147 g/mol. The van der Waals surface area contributed by atoms with Crippen LogP contribution in [0.15, 0.2) is 24.3 Å². The van der Waals surface area contributed by atoms with Crippen molar-refractivity contribution < 1.29 is 21.3 Å². The molecule has 0 spiro atoms. The third-order valence-electron chi connectivity index (χ3n) is 0.468. The van der Waals surface area contributed by atoms with Gasteiger partial charge in [-0.15, -0.1) is 12.2 Å². The second-order valence-corrected chi connectivity index (χ2v) is 1.00. The first-order chi connectivity index (χ1) is 3.41. The van der Waals surface area contributed by atoms with E-state index in [4.69, 9.17) is 0 Å². The van der Waals surface area contributed by atoms with E-state index in [1.165, 1.54) is 6.08 Å². The molecule has 1 nitrogen and oxygen atoms in total. The van der Waals surface area contributed by atoms with Crippen LogP contribution in [0.5, 0.6) is 0 Å². The molecule has 0 aromatic rings. The Hall–Kier alpha value is -0.356.